The Bertz CT molecular complexity index is 1000. The van der Waals surface area contributed by atoms with Crippen LogP contribution in [0.2, 0.25) is 0 Å². The second-order valence-corrected chi connectivity index (χ2v) is 9.42. The van der Waals surface area contributed by atoms with E-state index in [1.54, 1.807) is 0 Å². The number of carbonyl (C=O) groups is 6. The molecule has 12 nitrogen and oxygen atoms in total. The van der Waals surface area contributed by atoms with Crippen molar-refractivity contribution in [3.8, 4) is 0 Å². The summed E-state index contributed by atoms with van der Waals surface area (Å²) < 4.78 is 0. The molecule has 12 heteroatoms. The van der Waals surface area contributed by atoms with Gasteiger partial charge in [0.05, 0.1) is 30.1 Å². The van der Waals surface area contributed by atoms with E-state index in [9.17, 15) is 33.9 Å². The first-order valence-corrected chi connectivity index (χ1v) is 11.8. The highest BCUT2D eigenvalue weighted by Crippen LogP contribution is 2.35. The number of quaternary nitrogens is 1. The zero-order chi connectivity index (χ0) is 27.0. The van der Waals surface area contributed by atoms with Crippen molar-refractivity contribution in [2.75, 3.05) is 0 Å². The normalized spacial score (nSPS) is 20.1. The molecule has 0 bridgehead atoms. The number of benzene rings is 1. The van der Waals surface area contributed by atoms with Crippen molar-refractivity contribution in [3.63, 3.8) is 0 Å². The van der Waals surface area contributed by atoms with E-state index in [-0.39, 0.29) is 37.8 Å². The largest absolute Gasteiger partial charge is 0.481 e. The summed E-state index contributed by atoms with van der Waals surface area (Å²) in [5.74, 6) is -10.2. The minimum Gasteiger partial charge on any atom is -0.481 e. The fraction of sp³-hybridized carbons (Fsp3) is 0.520. The lowest BCUT2D eigenvalue weighted by Gasteiger charge is -2.25. The van der Waals surface area contributed by atoms with E-state index < -0.39 is 71.6 Å². The number of carbonyl (C=O) groups excluding carboxylic acids is 4. The van der Waals surface area contributed by atoms with Crippen LogP contribution >= 0.6 is 0 Å². The molecule has 11 N–H and O–H groups in total. The number of primary amides is 2. The smallest absolute Gasteiger partial charge is 0.307 e. The van der Waals surface area contributed by atoms with Crippen LogP contribution in [0.5, 0.6) is 0 Å². The highest BCUT2D eigenvalue weighted by atomic mass is 16.4. The fourth-order valence-corrected chi connectivity index (χ4v) is 4.91. The summed E-state index contributed by atoms with van der Waals surface area (Å²) in [5.41, 5.74) is 11.7. The first kappa shape index (κ1) is 31.2. The van der Waals surface area contributed by atoms with E-state index in [0.717, 1.165) is 5.56 Å². The molecule has 37 heavy (non-hydrogen) atoms. The van der Waals surface area contributed by atoms with Crippen LogP contribution in [0.1, 0.15) is 56.9 Å². The summed E-state index contributed by atoms with van der Waals surface area (Å²) >= 11 is 0. The average molecular weight is 522 g/mol. The lowest BCUT2D eigenvalue weighted by atomic mass is 9.77. The maximum atomic E-state index is 12.5. The molecule has 4 amide bonds. The molecule has 6 atom stereocenters. The fourth-order valence-electron chi connectivity index (χ4n) is 4.91. The second kappa shape index (κ2) is 14.1. The topological polar surface area (TPSA) is 243 Å². The maximum absolute atomic E-state index is 12.5. The molecule has 1 aromatic carbocycles. The van der Waals surface area contributed by atoms with Crippen LogP contribution < -0.4 is 22.9 Å². The predicted octanol–water partition coefficient (Wildman–Crippen LogP) is 1.38. The number of carboxylic acids is 2. The summed E-state index contributed by atoms with van der Waals surface area (Å²) in [6.45, 7) is 1.95. The number of carboxylic acid groups (broad SMARTS) is 2. The van der Waals surface area contributed by atoms with Crippen molar-refractivity contribution >= 4 is 35.6 Å². The van der Waals surface area contributed by atoms with Gasteiger partial charge in [0.1, 0.15) is 0 Å². The standard InChI is InChI=1S/C25H33N3O8.H3N/c1-13(14-5-3-2-4-6-14)11-19-17(23(33)28-24(19)34)10-9-16(22(27)32)18(25(35)36)8-7-15(21(26)31)12-20(29)30;/h2-6,13,15-19H,7-12H2,1H3,(H2,26,31)(H2,27,32)(H,29,30)(H,35,36)(H,28,33,34);1H3/p+1. The van der Waals surface area contributed by atoms with E-state index in [0.29, 0.717) is 6.42 Å². The summed E-state index contributed by atoms with van der Waals surface area (Å²) in [5, 5.41) is 21.0. The summed E-state index contributed by atoms with van der Waals surface area (Å²) in [6, 6.07) is 9.50. The third-order valence-electron chi connectivity index (χ3n) is 6.99. The van der Waals surface area contributed by atoms with Crippen LogP contribution in [0.3, 0.4) is 0 Å². The number of hydrogen-bond acceptors (Lipinski definition) is 6. The van der Waals surface area contributed by atoms with Gasteiger partial charge in [0, 0.05) is 5.92 Å². The Morgan fingerprint density at radius 3 is 2.00 bits per heavy atom. The molecule has 1 fully saturated rings. The molecule has 1 aliphatic heterocycles. The highest BCUT2D eigenvalue weighted by Gasteiger charge is 2.43. The van der Waals surface area contributed by atoms with Crippen LogP contribution in [-0.2, 0) is 28.8 Å². The lowest BCUT2D eigenvalue weighted by Crippen LogP contribution is -2.36. The predicted molar refractivity (Wildman–Crippen MR) is 133 cm³/mol. The van der Waals surface area contributed by atoms with Gasteiger partial charge < -0.3 is 27.8 Å². The van der Waals surface area contributed by atoms with Gasteiger partial charge in [-0.25, -0.2) is 0 Å². The molecule has 1 heterocycles. The van der Waals surface area contributed by atoms with E-state index >= 15 is 0 Å². The minimum absolute atomic E-state index is 0. The number of rotatable bonds is 15. The number of imide groups is 1. The third kappa shape index (κ3) is 8.67. The number of aliphatic carboxylic acids is 2. The molecule has 0 aliphatic carbocycles. The Hall–Kier alpha value is -3.80. The molecule has 6 unspecified atom stereocenters. The SMILES string of the molecule is CC(CC1C(=O)NC(=O)C1CCC(C(N)=O)C(CCC(CC(=O)O)C(N)=O)C(=O)O)c1ccccc1.[NH4+]. The van der Waals surface area contributed by atoms with Gasteiger partial charge in [-0.15, -0.1) is 0 Å². The number of nitrogens with one attached hydrogen (secondary N) is 1. The Morgan fingerprint density at radius 1 is 0.892 bits per heavy atom. The summed E-state index contributed by atoms with van der Waals surface area (Å²) in [6.07, 6.45) is -0.514. The average Bonchev–Trinajstić information content (AvgIpc) is 3.06. The Labute approximate surface area is 214 Å². The van der Waals surface area contributed by atoms with E-state index in [1.807, 2.05) is 37.3 Å². The number of amides is 4. The van der Waals surface area contributed by atoms with Crippen molar-refractivity contribution < 1.29 is 39.0 Å². The summed E-state index contributed by atoms with van der Waals surface area (Å²) in [4.78, 5) is 71.7. The van der Waals surface area contributed by atoms with Gasteiger partial charge in [-0.2, -0.15) is 0 Å². The molecule has 0 saturated carbocycles. The van der Waals surface area contributed by atoms with Crippen molar-refractivity contribution in [2.45, 2.75) is 51.4 Å². The van der Waals surface area contributed by atoms with Crippen molar-refractivity contribution in [1.29, 1.82) is 0 Å². The quantitative estimate of drug-likeness (QED) is 0.184. The van der Waals surface area contributed by atoms with Crippen molar-refractivity contribution in [1.82, 2.24) is 11.5 Å². The zero-order valence-corrected chi connectivity index (χ0v) is 21.1. The molecule has 1 aliphatic rings. The van der Waals surface area contributed by atoms with Gasteiger partial charge in [0.2, 0.25) is 23.6 Å². The van der Waals surface area contributed by atoms with Crippen LogP contribution in [-0.4, -0.2) is 45.8 Å². The van der Waals surface area contributed by atoms with Gasteiger partial charge in [0.15, 0.2) is 0 Å². The van der Waals surface area contributed by atoms with E-state index in [2.05, 4.69) is 5.32 Å². The molecule has 204 valence electrons. The highest BCUT2D eigenvalue weighted by molar-refractivity contribution is 6.05. The molecule has 0 aromatic heterocycles. The minimum atomic E-state index is -1.33. The van der Waals surface area contributed by atoms with Crippen molar-refractivity contribution in [2.24, 2.45) is 41.1 Å². The second-order valence-electron chi connectivity index (χ2n) is 9.42. The maximum Gasteiger partial charge on any atom is 0.307 e. The molecule has 1 aromatic rings. The van der Waals surface area contributed by atoms with Crippen LogP contribution in [0.25, 0.3) is 0 Å². The lowest BCUT2D eigenvalue weighted by molar-refractivity contribution is -0.147. The van der Waals surface area contributed by atoms with Crippen LogP contribution in [0.4, 0.5) is 0 Å². The Morgan fingerprint density at radius 2 is 1.49 bits per heavy atom. The van der Waals surface area contributed by atoms with Gasteiger partial charge in [-0.1, -0.05) is 37.3 Å². The van der Waals surface area contributed by atoms with Crippen LogP contribution in [0, 0.1) is 29.6 Å². The van der Waals surface area contributed by atoms with E-state index in [4.69, 9.17) is 16.6 Å². The molecule has 0 radical (unpaired) electrons. The Kier molecular flexibility index (Phi) is 11.9. The number of nitrogens with two attached hydrogens (primary N) is 2. The van der Waals surface area contributed by atoms with Crippen molar-refractivity contribution in [3.05, 3.63) is 35.9 Å². The monoisotopic (exact) mass is 521 g/mol. The molecular weight excluding hydrogens is 484 g/mol. The van der Waals surface area contributed by atoms with Gasteiger partial charge >= 0.3 is 11.9 Å². The summed E-state index contributed by atoms with van der Waals surface area (Å²) in [7, 11) is 0. The molecule has 2 rings (SSSR count). The van der Waals surface area contributed by atoms with Gasteiger partial charge in [0.25, 0.3) is 0 Å². The Balaban J connectivity index is 0.00000684. The number of hydrogen-bond donors (Lipinski definition) is 6. The van der Waals surface area contributed by atoms with E-state index in [1.165, 1.54) is 0 Å². The zero-order valence-electron chi connectivity index (χ0n) is 21.1. The third-order valence-corrected chi connectivity index (χ3v) is 6.99. The van der Waals surface area contributed by atoms with Gasteiger partial charge in [-0.3, -0.25) is 34.1 Å². The first-order chi connectivity index (χ1) is 16.9. The van der Waals surface area contributed by atoms with Gasteiger partial charge in [-0.05, 0) is 43.6 Å². The molecule has 1 saturated heterocycles. The first-order valence-electron chi connectivity index (χ1n) is 11.8. The van der Waals surface area contributed by atoms with Crippen LogP contribution in [0.15, 0.2) is 30.3 Å². The molecule has 0 spiro atoms. The molecular formula is C25H37N4O8+.